The van der Waals surface area contributed by atoms with Crippen LogP contribution in [0.25, 0.3) is 0 Å². The molecule has 0 unspecified atom stereocenters. The molecule has 19 heavy (non-hydrogen) atoms. The summed E-state index contributed by atoms with van der Waals surface area (Å²) in [6, 6.07) is 0. The Morgan fingerprint density at radius 1 is 1.32 bits per heavy atom. The summed E-state index contributed by atoms with van der Waals surface area (Å²) >= 11 is 1.40. The summed E-state index contributed by atoms with van der Waals surface area (Å²) in [5.74, 6) is -0.258. The second-order valence-corrected chi connectivity index (χ2v) is 6.49. The lowest BCUT2D eigenvalue weighted by molar-refractivity contribution is 0.0933. The average Bonchev–Trinajstić information content (AvgIpc) is 2.75. The lowest BCUT2D eigenvalue weighted by atomic mass is 9.94. The maximum absolute atomic E-state index is 12.3. The van der Waals surface area contributed by atoms with E-state index in [-0.39, 0.29) is 5.91 Å². The highest BCUT2D eigenvalue weighted by atomic mass is 32.1. The fourth-order valence-corrected chi connectivity index (χ4v) is 3.60. The van der Waals surface area contributed by atoms with E-state index in [1.807, 2.05) is 13.8 Å². The second kappa shape index (κ2) is 5.74. The van der Waals surface area contributed by atoms with Crippen molar-refractivity contribution in [1.82, 2.24) is 5.32 Å². The highest BCUT2D eigenvalue weighted by Gasteiger charge is 2.27. The van der Waals surface area contributed by atoms with Crippen LogP contribution in [0.2, 0.25) is 0 Å². The summed E-state index contributed by atoms with van der Waals surface area (Å²) in [4.78, 5) is 25.4. The van der Waals surface area contributed by atoms with E-state index in [9.17, 15) is 9.59 Å². The number of carbonyl (C=O) groups is 2. The van der Waals surface area contributed by atoms with Gasteiger partial charge >= 0.3 is 0 Å². The molecule has 1 heterocycles. The van der Waals surface area contributed by atoms with Crippen LogP contribution in [0.1, 0.15) is 57.2 Å². The minimum Gasteiger partial charge on any atom is -0.365 e. The molecular weight excluding hydrogens is 260 g/mol. The van der Waals surface area contributed by atoms with Crippen molar-refractivity contribution >= 4 is 23.2 Å². The molecule has 5 heteroatoms. The number of fused-ring (bicyclic) bond motifs is 1. The molecule has 1 aliphatic carbocycles. The van der Waals surface area contributed by atoms with E-state index in [1.165, 1.54) is 11.3 Å². The normalized spacial score (nSPS) is 14.3. The number of primary amides is 1. The topological polar surface area (TPSA) is 72.2 Å². The van der Waals surface area contributed by atoms with Gasteiger partial charge in [0.15, 0.2) is 0 Å². The summed E-state index contributed by atoms with van der Waals surface area (Å²) in [5, 5.41) is 2.89. The van der Waals surface area contributed by atoms with Crippen molar-refractivity contribution in [2.45, 2.75) is 39.5 Å². The third-order valence-corrected chi connectivity index (χ3v) is 4.60. The van der Waals surface area contributed by atoms with Crippen LogP contribution in [-0.4, -0.2) is 18.4 Å². The number of nitrogens with one attached hydrogen (secondary N) is 1. The first-order valence-electron chi connectivity index (χ1n) is 6.73. The third kappa shape index (κ3) is 2.97. The van der Waals surface area contributed by atoms with Crippen molar-refractivity contribution in [2.24, 2.45) is 11.7 Å². The van der Waals surface area contributed by atoms with Crippen molar-refractivity contribution in [3.05, 3.63) is 20.9 Å². The summed E-state index contributed by atoms with van der Waals surface area (Å²) in [6.45, 7) is 4.69. The number of amides is 2. The fourth-order valence-electron chi connectivity index (χ4n) is 2.36. The molecule has 0 fully saturated rings. The predicted octanol–water partition coefficient (Wildman–Crippen LogP) is 2.11. The monoisotopic (exact) mass is 280 g/mol. The number of thiophene rings is 1. The lowest BCUT2D eigenvalue weighted by Gasteiger charge is -2.13. The molecule has 1 aliphatic rings. The van der Waals surface area contributed by atoms with Crippen molar-refractivity contribution < 1.29 is 9.59 Å². The Morgan fingerprint density at radius 2 is 2.00 bits per heavy atom. The predicted molar refractivity (Wildman–Crippen MR) is 76.7 cm³/mol. The van der Waals surface area contributed by atoms with Gasteiger partial charge in [0.25, 0.3) is 11.8 Å². The molecule has 4 nitrogen and oxygen atoms in total. The van der Waals surface area contributed by atoms with E-state index in [0.29, 0.717) is 22.9 Å². The molecule has 3 N–H and O–H groups in total. The molecule has 0 saturated heterocycles. The maximum Gasteiger partial charge on any atom is 0.259 e. The van der Waals surface area contributed by atoms with Gasteiger partial charge in [-0.3, -0.25) is 9.59 Å². The van der Waals surface area contributed by atoms with E-state index >= 15 is 0 Å². The Morgan fingerprint density at radius 3 is 2.63 bits per heavy atom. The second-order valence-electron chi connectivity index (χ2n) is 5.38. The first-order valence-corrected chi connectivity index (χ1v) is 7.55. The smallest absolute Gasteiger partial charge is 0.259 e. The van der Waals surface area contributed by atoms with Crippen LogP contribution in [0.15, 0.2) is 0 Å². The van der Waals surface area contributed by atoms with Crippen molar-refractivity contribution in [1.29, 1.82) is 0 Å². The van der Waals surface area contributed by atoms with E-state index in [2.05, 4.69) is 5.32 Å². The summed E-state index contributed by atoms with van der Waals surface area (Å²) in [7, 11) is 0. The lowest BCUT2D eigenvalue weighted by Crippen LogP contribution is -2.30. The molecule has 2 rings (SSSR count). The molecule has 0 saturated carbocycles. The van der Waals surface area contributed by atoms with Gasteiger partial charge in [0.05, 0.1) is 5.56 Å². The summed E-state index contributed by atoms with van der Waals surface area (Å²) < 4.78 is 0. The largest absolute Gasteiger partial charge is 0.365 e. The van der Waals surface area contributed by atoms with E-state index in [1.54, 1.807) is 0 Å². The molecule has 0 bridgehead atoms. The number of rotatable bonds is 4. The molecule has 0 atom stereocenters. The molecule has 1 aromatic heterocycles. The van der Waals surface area contributed by atoms with E-state index < -0.39 is 5.91 Å². The molecule has 0 radical (unpaired) electrons. The third-order valence-electron chi connectivity index (χ3n) is 3.29. The number of hydrogen-bond donors (Lipinski definition) is 2. The van der Waals surface area contributed by atoms with Crippen LogP contribution >= 0.6 is 11.3 Å². The Balaban J connectivity index is 2.33. The quantitative estimate of drug-likeness (QED) is 0.886. The zero-order valence-corrected chi connectivity index (χ0v) is 12.2. The van der Waals surface area contributed by atoms with Gasteiger partial charge in [-0.15, -0.1) is 11.3 Å². The highest BCUT2D eigenvalue weighted by Crippen LogP contribution is 2.34. The van der Waals surface area contributed by atoms with Crippen LogP contribution in [0.5, 0.6) is 0 Å². The Labute approximate surface area is 117 Å². The number of carbonyl (C=O) groups excluding carboxylic acids is 2. The van der Waals surface area contributed by atoms with Crippen LogP contribution in [0, 0.1) is 5.92 Å². The van der Waals surface area contributed by atoms with Gasteiger partial charge in [-0.05, 0) is 37.2 Å². The van der Waals surface area contributed by atoms with Gasteiger partial charge < -0.3 is 11.1 Å². The van der Waals surface area contributed by atoms with Crippen LogP contribution in [0.4, 0.5) is 0 Å². The molecule has 0 aliphatic heterocycles. The van der Waals surface area contributed by atoms with E-state index in [0.717, 1.165) is 36.1 Å². The van der Waals surface area contributed by atoms with Crippen molar-refractivity contribution in [3.8, 4) is 0 Å². The zero-order chi connectivity index (χ0) is 14.0. The minimum atomic E-state index is -0.492. The molecule has 1 aromatic rings. The molecule has 2 amide bonds. The number of hydrogen-bond acceptors (Lipinski definition) is 3. The summed E-state index contributed by atoms with van der Waals surface area (Å²) in [5.41, 5.74) is 6.99. The molecule has 0 aromatic carbocycles. The number of aryl methyl sites for hydroxylation is 1. The van der Waals surface area contributed by atoms with Gasteiger partial charge in [0, 0.05) is 11.4 Å². The Hall–Kier alpha value is -1.36. The van der Waals surface area contributed by atoms with Crippen molar-refractivity contribution in [2.75, 3.05) is 6.54 Å². The van der Waals surface area contributed by atoms with Gasteiger partial charge in [-0.25, -0.2) is 0 Å². The molecule has 104 valence electrons. The first-order chi connectivity index (χ1) is 9.00. The summed E-state index contributed by atoms with van der Waals surface area (Å²) in [6.07, 6.45) is 4.03. The SMILES string of the molecule is CC(C)CNC(=O)c1c(C(N)=O)sc2c1CCCC2. The van der Waals surface area contributed by atoms with Crippen LogP contribution in [-0.2, 0) is 12.8 Å². The van der Waals surface area contributed by atoms with Gasteiger partial charge in [-0.1, -0.05) is 13.8 Å². The maximum atomic E-state index is 12.3. The first kappa shape index (κ1) is 14.1. The van der Waals surface area contributed by atoms with Crippen molar-refractivity contribution in [3.63, 3.8) is 0 Å². The number of nitrogens with two attached hydrogens (primary N) is 1. The van der Waals surface area contributed by atoms with Gasteiger partial charge in [0.1, 0.15) is 4.88 Å². The Bertz CT molecular complexity index is 506. The Kier molecular flexibility index (Phi) is 4.24. The average molecular weight is 280 g/mol. The highest BCUT2D eigenvalue weighted by molar-refractivity contribution is 7.14. The van der Waals surface area contributed by atoms with Crippen LogP contribution < -0.4 is 11.1 Å². The van der Waals surface area contributed by atoms with Gasteiger partial charge in [0.2, 0.25) is 0 Å². The van der Waals surface area contributed by atoms with Gasteiger partial charge in [-0.2, -0.15) is 0 Å². The standard InChI is InChI=1S/C14H20N2O2S/c1-8(2)7-16-14(18)11-9-5-3-4-6-10(9)19-12(11)13(15)17/h8H,3-7H2,1-2H3,(H2,15,17)(H,16,18). The molecule has 0 spiro atoms. The molecular formula is C14H20N2O2S. The fraction of sp³-hybridized carbons (Fsp3) is 0.571. The zero-order valence-electron chi connectivity index (χ0n) is 11.4. The van der Waals surface area contributed by atoms with Crippen LogP contribution in [0.3, 0.4) is 0 Å². The minimum absolute atomic E-state index is 0.151. The van der Waals surface area contributed by atoms with E-state index in [4.69, 9.17) is 5.73 Å².